The summed E-state index contributed by atoms with van der Waals surface area (Å²) in [4.78, 5) is 17.6. The van der Waals surface area contributed by atoms with E-state index in [1.54, 1.807) is 0 Å². The quantitative estimate of drug-likeness (QED) is 0.640. The summed E-state index contributed by atoms with van der Waals surface area (Å²) < 4.78 is 0.445. The summed E-state index contributed by atoms with van der Waals surface area (Å²) in [6.45, 7) is 2.74. The van der Waals surface area contributed by atoms with Crippen molar-refractivity contribution in [1.82, 2.24) is 9.97 Å². The second-order valence-corrected chi connectivity index (χ2v) is 3.47. The van der Waals surface area contributed by atoms with Gasteiger partial charge in [0.1, 0.15) is 10.3 Å². The number of nitrogens with zero attached hydrogens (tertiary/aromatic N) is 1. The predicted molar refractivity (Wildman–Crippen MR) is 60.5 cm³/mol. The SMILES string of the molecule is C/C=C/CCNc1nc[nH]c(=O)c1Br. The van der Waals surface area contributed by atoms with Crippen molar-refractivity contribution < 1.29 is 0 Å². The number of allylic oxidation sites excluding steroid dienone is 1. The number of anilines is 1. The van der Waals surface area contributed by atoms with Gasteiger partial charge in [-0.15, -0.1) is 0 Å². The van der Waals surface area contributed by atoms with Crippen molar-refractivity contribution in [3.63, 3.8) is 0 Å². The second kappa shape index (κ2) is 5.59. The smallest absolute Gasteiger partial charge is 0.267 e. The van der Waals surface area contributed by atoms with Gasteiger partial charge in [-0.05, 0) is 29.3 Å². The van der Waals surface area contributed by atoms with E-state index in [4.69, 9.17) is 0 Å². The molecule has 4 nitrogen and oxygen atoms in total. The highest BCUT2D eigenvalue weighted by Crippen LogP contribution is 2.12. The van der Waals surface area contributed by atoms with Crippen LogP contribution in [-0.4, -0.2) is 16.5 Å². The molecule has 2 N–H and O–H groups in total. The lowest BCUT2D eigenvalue weighted by Gasteiger charge is -2.03. The normalized spacial score (nSPS) is 10.7. The van der Waals surface area contributed by atoms with Gasteiger partial charge in [0.2, 0.25) is 0 Å². The first kappa shape index (κ1) is 11.0. The van der Waals surface area contributed by atoms with Crippen LogP contribution in [0, 0.1) is 0 Å². The zero-order valence-electron chi connectivity index (χ0n) is 7.88. The molecule has 1 heterocycles. The molecule has 0 aliphatic carbocycles. The molecule has 1 aromatic heterocycles. The van der Waals surface area contributed by atoms with Crippen molar-refractivity contribution in [3.05, 3.63) is 33.3 Å². The largest absolute Gasteiger partial charge is 0.369 e. The maximum atomic E-state index is 11.1. The van der Waals surface area contributed by atoms with Crippen LogP contribution in [0.1, 0.15) is 13.3 Å². The molecule has 0 aliphatic rings. The summed E-state index contributed by atoms with van der Waals surface area (Å²) in [5, 5.41) is 3.06. The van der Waals surface area contributed by atoms with Crippen molar-refractivity contribution in [2.75, 3.05) is 11.9 Å². The molecule has 0 aliphatic heterocycles. The average Bonchev–Trinajstić information content (AvgIpc) is 2.19. The number of hydrogen-bond donors (Lipinski definition) is 2. The van der Waals surface area contributed by atoms with Gasteiger partial charge in [0.05, 0.1) is 6.33 Å². The number of halogens is 1. The number of H-pyrrole nitrogens is 1. The van der Waals surface area contributed by atoms with Gasteiger partial charge < -0.3 is 10.3 Å². The Morgan fingerprint density at radius 2 is 2.50 bits per heavy atom. The van der Waals surface area contributed by atoms with Gasteiger partial charge in [-0.1, -0.05) is 12.2 Å². The van der Waals surface area contributed by atoms with E-state index in [2.05, 4.69) is 31.2 Å². The Morgan fingerprint density at radius 1 is 1.71 bits per heavy atom. The number of hydrogen-bond acceptors (Lipinski definition) is 3. The van der Waals surface area contributed by atoms with E-state index in [0.717, 1.165) is 13.0 Å². The van der Waals surface area contributed by atoms with E-state index >= 15 is 0 Å². The average molecular weight is 258 g/mol. The first-order valence-electron chi connectivity index (χ1n) is 4.34. The molecule has 1 aromatic rings. The Kier molecular flexibility index (Phi) is 4.39. The molecular formula is C9H12BrN3O. The third-order valence-corrected chi connectivity index (χ3v) is 2.37. The molecule has 0 saturated heterocycles. The number of nitrogens with one attached hydrogen (secondary N) is 2. The molecule has 0 bridgehead atoms. The standard InChI is InChI=1S/C9H12BrN3O/c1-2-3-4-5-11-8-7(10)9(14)13-6-12-8/h2-3,6H,4-5H2,1H3,(H2,11,12,13,14)/b3-2+. The summed E-state index contributed by atoms with van der Waals surface area (Å²) in [6.07, 6.45) is 6.33. The van der Waals surface area contributed by atoms with Crippen LogP contribution in [0.25, 0.3) is 0 Å². The minimum Gasteiger partial charge on any atom is -0.369 e. The molecule has 1 rings (SSSR count). The topological polar surface area (TPSA) is 57.8 Å². The van der Waals surface area contributed by atoms with Gasteiger partial charge >= 0.3 is 0 Å². The third kappa shape index (κ3) is 2.99. The van der Waals surface area contributed by atoms with E-state index in [0.29, 0.717) is 10.3 Å². The minimum atomic E-state index is -0.173. The molecule has 0 atom stereocenters. The van der Waals surface area contributed by atoms with Crippen molar-refractivity contribution in [2.24, 2.45) is 0 Å². The fourth-order valence-electron chi connectivity index (χ4n) is 0.947. The van der Waals surface area contributed by atoms with Crippen molar-refractivity contribution in [3.8, 4) is 0 Å². The number of rotatable bonds is 4. The Hall–Kier alpha value is -1.10. The monoisotopic (exact) mass is 257 g/mol. The maximum Gasteiger partial charge on any atom is 0.267 e. The van der Waals surface area contributed by atoms with E-state index in [9.17, 15) is 4.79 Å². The highest BCUT2D eigenvalue weighted by molar-refractivity contribution is 9.10. The zero-order chi connectivity index (χ0) is 10.4. The van der Waals surface area contributed by atoms with Gasteiger partial charge in [0, 0.05) is 6.54 Å². The van der Waals surface area contributed by atoms with Crippen molar-refractivity contribution in [2.45, 2.75) is 13.3 Å². The second-order valence-electron chi connectivity index (χ2n) is 2.68. The molecule has 0 aromatic carbocycles. The van der Waals surface area contributed by atoms with Crippen LogP contribution in [0.2, 0.25) is 0 Å². The van der Waals surface area contributed by atoms with Crippen LogP contribution >= 0.6 is 15.9 Å². The molecule has 76 valence electrons. The van der Waals surface area contributed by atoms with Crippen LogP contribution in [0.4, 0.5) is 5.82 Å². The molecule has 0 amide bonds. The zero-order valence-corrected chi connectivity index (χ0v) is 9.47. The fraction of sp³-hybridized carbons (Fsp3) is 0.333. The first-order chi connectivity index (χ1) is 6.75. The molecule has 14 heavy (non-hydrogen) atoms. The predicted octanol–water partition coefficient (Wildman–Crippen LogP) is 1.91. The van der Waals surface area contributed by atoms with E-state index in [1.165, 1.54) is 6.33 Å². The Labute approximate surface area is 90.6 Å². The molecule has 0 radical (unpaired) electrons. The van der Waals surface area contributed by atoms with E-state index in [1.807, 2.05) is 19.1 Å². The molecule has 0 saturated carbocycles. The minimum absolute atomic E-state index is 0.173. The highest BCUT2D eigenvalue weighted by atomic mass is 79.9. The van der Waals surface area contributed by atoms with Gasteiger partial charge in [0.15, 0.2) is 0 Å². The molecule has 0 fully saturated rings. The fourth-order valence-corrected chi connectivity index (χ4v) is 1.30. The lowest BCUT2D eigenvalue weighted by molar-refractivity contribution is 1.02. The Balaban J connectivity index is 2.59. The molecule has 5 heteroatoms. The summed E-state index contributed by atoms with van der Waals surface area (Å²) in [7, 11) is 0. The number of aromatic amines is 1. The van der Waals surface area contributed by atoms with E-state index < -0.39 is 0 Å². The lowest BCUT2D eigenvalue weighted by atomic mass is 10.4. The number of aromatic nitrogens is 2. The van der Waals surface area contributed by atoms with Crippen molar-refractivity contribution >= 4 is 21.7 Å². The van der Waals surface area contributed by atoms with Crippen LogP contribution in [-0.2, 0) is 0 Å². The van der Waals surface area contributed by atoms with Gasteiger partial charge in [-0.2, -0.15) is 0 Å². The Bertz CT molecular complexity index is 373. The van der Waals surface area contributed by atoms with Gasteiger partial charge in [0.25, 0.3) is 5.56 Å². The van der Waals surface area contributed by atoms with Crippen LogP contribution < -0.4 is 10.9 Å². The highest BCUT2D eigenvalue weighted by Gasteiger charge is 2.02. The lowest BCUT2D eigenvalue weighted by Crippen LogP contribution is -2.12. The van der Waals surface area contributed by atoms with Crippen LogP contribution in [0.3, 0.4) is 0 Å². The van der Waals surface area contributed by atoms with E-state index in [-0.39, 0.29) is 5.56 Å². The first-order valence-corrected chi connectivity index (χ1v) is 5.13. The molecular weight excluding hydrogens is 246 g/mol. The summed E-state index contributed by atoms with van der Waals surface area (Å²) in [5.74, 6) is 0.582. The van der Waals surface area contributed by atoms with Crippen LogP contribution in [0.5, 0.6) is 0 Å². The maximum absolute atomic E-state index is 11.1. The Morgan fingerprint density at radius 3 is 3.21 bits per heavy atom. The van der Waals surface area contributed by atoms with Gasteiger partial charge in [-0.25, -0.2) is 4.98 Å². The summed E-state index contributed by atoms with van der Waals surface area (Å²) >= 11 is 3.16. The third-order valence-electron chi connectivity index (χ3n) is 1.64. The molecule has 0 unspecified atom stereocenters. The molecule has 0 spiro atoms. The summed E-state index contributed by atoms with van der Waals surface area (Å²) in [6, 6.07) is 0. The van der Waals surface area contributed by atoms with Gasteiger partial charge in [-0.3, -0.25) is 4.79 Å². The summed E-state index contributed by atoms with van der Waals surface area (Å²) in [5.41, 5.74) is -0.173. The van der Waals surface area contributed by atoms with Crippen LogP contribution in [0.15, 0.2) is 27.7 Å². The van der Waals surface area contributed by atoms with Crippen molar-refractivity contribution in [1.29, 1.82) is 0 Å².